The maximum atomic E-state index is 14.4. The van der Waals surface area contributed by atoms with Crippen molar-refractivity contribution in [2.24, 2.45) is 0 Å². The topological polar surface area (TPSA) is 167 Å². The van der Waals surface area contributed by atoms with Gasteiger partial charge in [-0.05, 0) is 125 Å². The van der Waals surface area contributed by atoms with Crippen LogP contribution in [-0.2, 0) is 47.4 Å². The molecule has 4 amide bonds. The largest absolute Gasteiger partial charge is 0.382 e. The van der Waals surface area contributed by atoms with Crippen LogP contribution in [0.15, 0.2) is 48.5 Å². The molecule has 0 saturated heterocycles. The average molecular weight is 1070 g/mol. The summed E-state index contributed by atoms with van der Waals surface area (Å²) < 4.78 is 58.5. The molecule has 77 heavy (non-hydrogen) atoms. The van der Waals surface area contributed by atoms with Crippen molar-refractivity contribution in [3.63, 3.8) is 0 Å². The van der Waals surface area contributed by atoms with Gasteiger partial charge in [-0.15, -0.1) is 0 Å². The molecule has 5 aromatic carbocycles. The number of hydrogen-bond donors (Lipinski definition) is 0. The van der Waals surface area contributed by atoms with Crippen molar-refractivity contribution in [3.8, 4) is 0 Å². The summed E-state index contributed by atoms with van der Waals surface area (Å²) in [7, 11) is 1.65. The summed E-state index contributed by atoms with van der Waals surface area (Å²) in [6.07, 6.45) is 3.87. The first-order chi connectivity index (χ1) is 37.0. The van der Waals surface area contributed by atoms with Gasteiger partial charge in [0.1, 0.15) is 0 Å². The van der Waals surface area contributed by atoms with Crippen molar-refractivity contribution < 1.29 is 66.5 Å². The Bertz CT molecular complexity index is 2640. The first kappa shape index (κ1) is 59.9. The summed E-state index contributed by atoms with van der Waals surface area (Å²) in [4.78, 5) is 59.2. The highest BCUT2D eigenvalue weighted by Crippen LogP contribution is 2.46. The molecule has 0 aliphatic carbocycles. The lowest BCUT2D eigenvalue weighted by Crippen LogP contribution is -2.48. The lowest BCUT2D eigenvalue weighted by Gasteiger charge is -2.33. The van der Waals surface area contributed by atoms with Crippen LogP contribution in [0.25, 0.3) is 43.1 Å². The van der Waals surface area contributed by atoms with Crippen molar-refractivity contribution in [2.45, 2.75) is 156 Å². The standard InChI is InChI=1S/C61H84N2O14/c1-12-13-14-15-16-25-62-58(64)50-21-17-46-48-19-23-52-57-53(24-20-49(55(48)57)47-18-22-51(59(62)65)56(50)54(46)47)61(67)63(60(52)66)37(2)28-70-39(4)30-72-41(6)32-74-43(8)34-76-45(10)36-77-44(9)35-75-42(7)33-73-40(5)31-71-38(3)29-69-27-26-68-11/h17-24,37-45H,12-16,25-36H2,1-11H3. The fraction of sp³-hybridized carbons (Fsp3) is 0.607. The lowest BCUT2D eigenvalue weighted by molar-refractivity contribution is -0.110. The zero-order valence-corrected chi connectivity index (χ0v) is 47.4. The maximum Gasteiger partial charge on any atom is 0.261 e. The summed E-state index contributed by atoms with van der Waals surface area (Å²) in [6, 6.07) is 14.4. The summed E-state index contributed by atoms with van der Waals surface area (Å²) in [6.45, 7) is 24.5. The predicted octanol–water partition coefficient (Wildman–Crippen LogP) is 10.2. The highest BCUT2D eigenvalue weighted by atomic mass is 16.6. The Labute approximate surface area is 454 Å². The van der Waals surface area contributed by atoms with E-state index in [9.17, 15) is 19.2 Å². The van der Waals surface area contributed by atoms with Gasteiger partial charge in [0.05, 0.1) is 128 Å². The molecule has 9 unspecified atom stereocenters. The quantitative estimate of drug-likeness (QED) is 0.0161. The lowest BCUT2D eigenvalue weighted by atomic mass is 9.82. The number of amides is 4. The van der Waals surface area contributed by atoms with E-state index in [1.807, 2.05) is 98.7 Å². The smallest absolute Gasteiger partial charge is 0.261 e. The molecular weight excluding hydrogens is 985 g/mol. The molecule has 2 heterocycles. The van der Waals surface area contributed by atoms with E-state index in [2.05, 4.69) is 6.92 Å². The summed E-state index contributed by atoms with van der Waals surface area (Å²) >= 11 is 0. The van der Waals surface area contributed by atoms with Gasteiger partial charge in [-0.25, -0.2) is 0 Å². The van der Waals surface area contributed by atoms with Crippen LogP contribution in [0, 0.1) is 0 Å². The highest BCUT2D eigenvalue weighted by molar-refractivity contribution is 6.41. The molecule has 16 heteroatoms. The van der Waals surface area contributed by atoms with Crippen LogP contribution in [0.1, 0.15) is 143 Å². The van der Waals surface area contributed by atoms with Gasteiger partial charge in [0.15, 0.2) is 0 Å². The van der Waals surface area contributed by atoms with Crippen LogP contribution < -0.4 is 0 Å². The second-order valence-electron chi connectivity index (χ2n) is 21.4. The van der Waals surface area contributed by atoms with E-state index >= 15 is 0 Å². The molecular formula is C61H84N2O14. The summed E-state index contributed by atoms with van der Waals surface area (Å²) in [5, 5.41) is 6.37. The zero-order chi connectivity index (χ0) is 55.3. The first-order valence-corrected chi connectivity index (χ1v) is 28.0. The Kier molecular flexibility index (Phi) is 22.1. The SMILES string of the molecule is CCCCCCCN1C(=O)c2ccc3c4ccc5c6c(ccc(c7ccc(c2c37)C1=O)c64)C(=O)N(C(C)COC(C)COC(C)COC(C)COC(C)COC(C)COC(C)COC(C)COC(C)COCCOC)C5=O. The molecule has 0 saturated carbocycles. The Morgan fingerprint density at radius 1 is 0.377 bits per heavy atom. The van der Waals surface area contributed by atoms with E-state index in [0.29, 0.717) is 99.0 Å². The number of nitrogens with zero attached hydrogens (tertiary/aromatic N) is 2. The fourth-order valence-corrected chi connectivity index (χ4v) is 10.1. The molecule has 0 fully saturated rings. The number of hydrogen-bond acceptors (Lipinski definition) is 14. The van der Waals surface area contributed by atoms with Crippen LogP contribution in [0.5, 0.6) is 0 Å². The number of fused-ring (bicyclic) bond motifs is 2. The minimum absolute atomic E-state index is 0.0314. The normalized spacial score (nSPS) is 17.5. The first-order valence-electron chi connectivity index (χ1n) is 28.0. The van der Waals surface area contributed by atoms with Gasteiger partial charge in [0.25, 0.3) is 23.6 Å². The summed E-state index contributed by atoms with van der Waals surface area (Å²) in [5.41, 5.74) is 1.92. The van der Waals surface area contributed by atoms with Crippen molar-refractivity contribution >= 4 is 66.7 Å². The number of rotatable bonds is 36. The number of ether oxygens (including phenoxy) is 10. The van der Waals surface area contributed by atoms with Gasteiger partial charge in [-0.3, -0.25) is 29.0 Å². The highest BCUT2D eigenvalue weighted by Gasteiger charge is 2.39. The number of unbranched alkanes of at least 4 members (excludes halogenated alkanes) is 4. The van der Waals surface area contributed by atoms with Gasteiger partial charge in [-0.2, -0.15) is 0 Å². The van der Waals surface area contributed by atoms with Crippen LogP contribution in [0.3, 0.4) is 0 Å². The fourth-order valence-electron chi connectivity index (χ4n) is 10.1. The van der Waals surface area contributed by atoms with Gasteiger partial charge >= 0.3 is 0 Å². The van der Waals surface area contributed by atoms with Crippen molar-refractivity contribution in [2.75, 3.05) is 86.3 Å². The van der Waals surface area contributed by atoms with Crippen LogP contribution in [-0.4, -0.2) is 175 Å². The monoisotopic (exact) mass is 1070 g/mol. The molecule has 0 radical (unpaired) electrons. The third-order valence-electron chi connectivity index (χ3n) is 14.4. The van der Waals surface area contributed by atoms with Crippen LogP contribution >= 0.6 is 0 Å². The Morgan fingerprint density at radius 2 is 0.701 bits per heavy atom. The second-order valence-corrected chi connectivity index (χ2v) is 21.4. The second kappa shape index (κ2) is 28.4. The van der Waals surface area contributed by atoms with Crippen molar-refractivity contribution in [1.82, 2.24) is 9.80 Å². The van der Waals surface area contributed by atoms with Gasteiger partial charge in [0.2, 0.25) is 0 Å². The molecule has 9 atom stereocenters. The van der Waals surface area contributed by atoms with E-state index in [4.69, 9.17) is 47.4 Å². The van der Waals surface area contributed by atoms with E-state index in [0.717, 1.165) is 64.4 Å². The number of methoxy groups -OCH3 is 1. The average Bonchev–Trinajstić information content (AvgIpc) is 3.43. The number of carbonyl (C=O) groups is 4. The number of carbonyl (C=O) groups excluding carboxylic acids is 4. The Balaban J connectivity index is 0.823. The third kappa shape index (κ3) is 14.8. The molecule has 0 bridgehead atoms. The maximum absolute atomic E-state index is 14.4. The number of benzene rings is 5. The van der Waals surface area contributed by atoms with Crippen molar-refractivity contribution in [3.05, 3.63) is 70.8 Å². The van der Waals surface area contributed by atoms with Gasteiger partial charge < -0.3 is 47.4 Å². The molecule has 2 aliphatic heterocycles. The van der Waals surface area contributed by atoms with E-state index in [1.54, 1.807) is 19.2 Å². The minimum atomic E-state index is -0.566. The molecule has 422 valence electrons. The van der Waals surface area contributed by atoms with Crippen LogP contribution in [0.2, 0.25) is 0 Å². The van der Waals surface area contributed by atoms with Crippen molar-refractivity contribution in [1.29, 1.82) is 0 Å². The molecule has 16 nitrogen and oxygen atoms in total. The number of imide groups is 2. The summed E-state index contributed by atoms with van der Waals surface area (Å²) in [5.74, 6) is -1.30. The molecule has 0 N–H and O–H groups in total. The van der Waals surface area contributed by atoms with E-state index in [1.165, 1.54) is 9.80 Å². The molecule has 0 aromatic heterocycles. The van der Waals surface area contributed by atoms with Gasteiger partial charge in [0, 0.05) is 46.7 Å². The Hall–Kier alpha value is -4.72. The minimum Gasteiger partial charge on any atom is -0.382 e. The van der Waals surface area contributed by atoms with E-state index in [-0.39, 0.29) is 85.7 Å². The predicted molar refractivity (Wildman–Crippen MR) is 298 cm³/mol. The molecule has 7 rings (SSSR count). The third-order valence-corrected chi connectivity index (χ3v) is 14.4. The van der Waals surface area contributed by atoms with E-state index < -0.39 is 6.04 Å². The zero-order valence-electron chi connectivity index (χ0n) is 47.4. The van der Waals surface area contributed by atoms with Crippen LogP contribution in [0.4, 0.5) is 0 Å². The Morgan fingerprint density at radius 3 is 1.05 bits per heavy atom. The molecule has 0 spiro atoms. The molecule has 5 aromatic rings. The van der Waals surface area contributed by atoms with Gasteiger partial charge in [-0.1, -0.05) is 56.9 Å². The molecule has 2 aliphatic rings.